The van der Waals surface area contributed by atoms with Gasteiger partial charge < -0.3 is 15.3 Å². The van der Waals surface area contributed by atoms with Crippen molar-refractivity contribution in [1.82, 2.24) is 15.0 Å². The molecule has 8 heteroatoms. The highest BCUT2D eigenvalue weighted by Gasteiger charge is 2.11. The SMILES string of the molecule is O=C(Nc1cc2[nH]c(=O)[nH]c2cc1Br)c1ccnc(F)c1. The molecule has 0 fully saturated rings. The number of hydrogen-bond acceptors (Lipinski definition) is 3. The van der Waals surface area contributed by atoms with Gasteiger partial charge >= 0.3 is 5.69 Å². The number of carbonyl (C=O) groups is 1. The molecule has 3 N–H and O–H groups in total. The molecule has 106 valence electrons. The van der Waals surface area contributed by atoms with Gasteiger partial charge in [-0.25, -0.2) is 9.78 Å². The molecule has 0 unspecified atom stereocenters. The summed E-state index contributed by atoms with van der Waals surface area (Å²) >= 11 is 3.31. The Bertz CT molecular complexity index is 903. The Morgan fingerprint density at radius 2 is 1.95 bits per heavy atom. The van der Waals surface area contributed by atoms with Crippen LogP contribution in [0.5, 0.6) is 0 Å². The minimum Gasteiger partial charge on any atom is -0.321 e. The molecule has 0 aliphatic heterocycles. The molecule has 0 radical (unpaired) electrons. The number of hydrogen-bond donors (Lipinski definition) is 3. The molecule has 3 aromatic rings. The Morgan fingerprint density at radius 3 is 2.67 bits per heavy atom. The topological polar surface area (TPSA) is 90.6 Å². The van der Waals surface area contributed by atoms with Crippen LogP contribution in [0.1, 0.15) is 10.4 Å². The van der Waals surface area contributed by atoms with E-state index in [1.807, 2.05) is 0 Å². The predicted molar refractivity (Wildman–Crippen MR) is 78.8 cm³/mol. The summed E-state index contributed by atoms with van der Waals surface area (Å²) in [5.41, 5.74) is 1.44. The molecule has 6 nitrogen and oxygen atoms in total. The van der Waals surface area contributed by atoms with Gasteiger partial charge in [-0.1, -0.05) is 0 Å². The minimum atomic E-state index is -0.730. The number of nitrogens with one attached hydrogen (secondary N) is 3. The maximum absolute atomic E-state index is 13.0. The molecular formula is C13H8BrFN4O2. The number of halogens is 2. The van der Waals surface area contributed by atoms with Gasteiger partial charge in [-0.15, -0.1) is 0 Å². The molecule has 0 saturated heterocycles. The molecule has 2 heterocycles. The first-order chi connectivity index (χ1) is 10.0. The van der Waals surface area contributed by atoms with Crippen molar-refractivity contribution in [1.29, 1.82) is 0 Å². The summed E-state index contributed by atoms with van der Waals surface area (Å²) in [6.07, 6.45) is 1.21. The number of aromatic nitrogens is 3. The summed E-state index contributed by atoms with van der Waals surface area (Å²) in [5, 5.41) is 2.64. The van der Waals surface area contributed by atoms with Crippen molar-refractivity contribution in [3.8, 4) is 0 Å². The van der Waals surface area contributed by atoms with Crippen molar-refractivity contribution in [3.63, 3.8) is 0 Å². The number of pyridine rings is 1. The second-order valence-electron chi connectivity index (χ2n) is 4.28. The number of imidazole rings is 1. The maximum Gasteiger partial charge on any atom is 0.323 e. The number of carbonyl (C=O) groups excluding carboxylic acids is 1. The van der Waals surface area contributed by atoms with E-state index < -0.39 is 11.9 Å². The Morgan fingerprint density at radius 1 is 1.24 bits per heavy atom. The molecule has 0 atom stereocenters. The second-order valence-corrected chi connectivity index (χ2v) is 5.13. The summed E-state index contributed by atoms with van der Waals surface area (Å²) in [5.74, 6) is -1.21. The average Bonchev–Trinajstić information content (AvgIpc) is 2.78. The van der Waals surface area contributed by atoms with E-state index in [4.69, 9.17) is 0 Å². The van der Waals surface area contributed by atoms with Crippen molar-refractivity contribution >= 4 is 38.6 Å². The highest BCUT2D eigenvalue weighted by Crippen LogP contribution is 2.26. The molecule has 1 amide bonds. The molecule has 2 aromatic heterocycles. The predicted octanol–water partition coefficient (Wildman–Crippen LogP) is 2.41. The minimum absolute atomic E-state index is 0.150. The van der Waals surface area contributed by atoms with Crippen LogP contribution in [0.15, 0.2) is 39.7 Å². The summed E-state index contributed by atoms with van der Waals surface area (Å²) in [6.45, 7) is 0. The Labute approximate surface area is 125 Å². The van der Waals surface area contributed by atoms with Crippen LogP contribution in [-0.4, -0.2) is 20.9 Å². The first-order valence-electron chi connectivity index (χ1n) is 5.87. The van der Waals surface area contributed by atoms with E-state index in [1.165, 1.54) is 12.3 Å². The summed E-state index contributed by atoms with van der Waals surface area (Å²) in [7, 11) is 0. The van der Waals surface area contributed by atoms with Gasteiger partial charge in [0.1, 0.15) is 0 Å². The third kappa shape index (κ3) is 2.70. The number of H-pyrrole nitrogens is 2. The van der Waals surface area contributed by atoms with E-state index in [-0.39, 0.29) is 11.3 Å². The van der Waals surface area contributed by atoms with E-state index in [0.717, 1.165) is 6.07 Å². The zero-order valence-electron chi connectivity index (χ0n) is 10.4. The number of fused-ring (bicyclic) bond motifs is 1. The van der Waals surface area contributed by atoms with Crippen LogP contribution >= 0.6 is 15.9 Å². The molecule has 3 rings (SSSR count). The monoisotopic (exact) mass is 350 g/mol. The van der Waals surface area contributed by atoms with Gasteiger partial charge in [-0.05, 0) is 34.1 Å². The van der Waals surface area contributed by atoms with Gasteiger partial charge in [0.25, 0.3) is 5.91 Å². The van der Waals surface area contributed by atoms with Crippen LogP contribution in [0.3, 0.4) is 0 Å². The van der Waals surface area contributed by atoms with Crippen LogP contribution < -0.4 is 11.0 Å². The van der Waals surface area contributed by atoms with E-state index in [2.05, 4.69) is 36.2 Å². The van der Waals surface area contributed by atoms with Gasteiger partial charge in [0.2, 0.25) is 5.95 Å². The quantitative estimate of drug-likeness (QED) is 0.620. The van der Waals surface area contributed by atoms with Crippen molar-refractivity contribution in [2.24, 2.45) is 0 Å². The zero-order valence-corrected chi connectivity index (χ0v) is 12.0. The van der Waals surface area contributed by atoms with Crippen LogP contribution in [0.25, 0.3) is 11.0 Å². The average molecular weight is 351 g/mol. The lowest BCUT2D eigenvalue weighted by atomic mass is 10.2. The second kappa shape index (κ2) is 5.13. The summed E-state index contributed by atoms with van der Waals surface area (Å²) in [4.78, 5) is 31.9. The van der Waals surface area contributed by atoms with Gasteiger partial charge in [0.05, 0.1) is 16.7 Å². The molecule has 1 aromatic carbocycles. The van der Waals surface area contributed by atoms with E-state index in [1.54, 1.807) is 12.1 Å². The molecular weight excluding hydrogens is 343 g/mol. The lowest BCUT2D eigenvalue weighted by Crippen LogP contribution is -2.12. The summed E-state index contributed by atoms with van der Waals surface area (Å²) < 4.78 is 13.6. The van der Waals surface area contributed by atoms with Gasteiger partial charge in [0, 0.05) is 22.3 Å². The van der Waals surface area contributed by atoms with Gasteiger partial charge in [-0.2, -0.15) is 4.39 Å². The number of nitrogens with zero attached hydrogens (tertiary/aromatic N) is 1. The summed E-state index contributed by atoms with van der Waals surface area (Å²) in [6, 6.07) is 5.71. The third-order valence-electron chi connectivity index (χ3n) is 2.84. The number of rotatable bonds is 2. The molecule has 0 aliphatic rings. The fourth-order valence-electron chi connectivity index (χ4n) is 1.89. The van der Waals surface area contributed by atoms with Crippen molar-refractivity contribution in [3.05, 3.63) is 56.9 Å². The smallest absolute Gasteiger partial charge is 0.321 e. The standard InChI is InChI=1S/C13H8BrFN4O2/c14-7-4-9-10(19-13(21)18-9)5-8(7)17-12(20)6-1-2-16-11(15)3-6/h1-5H,(H,17,20)(H2,18,19,21). The molecule has 21 heavy (non-hydrogen) atoms. The number of aromatic amines is 2. The highest BCUT2D eigenvalue weighted by atomic mass is 79.9. The van der Waals surface area contributed by atoms with E-state index in [9.17, 15) is 14.0 Å². The van der Waals surface area contributed by atoms with Crippen molar-refractivity contribution in [2.45, 2.75) is 0 Å². The largest absolute Gasteiger partial charge is 0.323 e. The lowest BCUT2D eigenvalue weighted by Gasteiger charge is -2.07. The number of anilines is 1. The number of amides is 1. The van der Waals surface area contributed by atoms with Crippen LogP contribution in [-0.2, 0) is 0 Å². The van der Waals surface area contributed by atoms with Crippen LogP contribution in [0.4, 0.5) is 10.1 Å². The molecule has 0 spiro atoms. The zero-order chi connectivity index (χ0) is 15.0. The molecule has 0 bridgehead atoms. The van der Waals surface area contributed by atoms with Crippen molar-refractivity contribution < 1.29 is 9.18 Å². The van der Waals surface area contributed by atoms with Crippen LogP contribution in [0.2, 0.25) is 0 Å². The fraction of sp³-hybridized carbons (Fsp3) is 0. The first-order valence-corrected chi connectivity index (χ1v) is 6.67. The Kier molecular flexibility index (Phi) is 3.30. The van der Waals surface area contributed by atoms with Gasteiger partial charge in [-0.3, -0.25) is 4.79 Å². The molecule has 0 saturated carbocycles. The van der Waals surface area contributed by atoms with Crippen LogP contribution in [0, 0.1) is 5.95 Å². The maximum atomic E-state index is 13.0. The van der Waals surface area contributed by atoms with E-state index >= 15 is 0 Å². The normalized spacial score (nSPS) is 10.8. The molecule has 0 aliphatic carbocycles. The highest BCUT2D eigenvalue weighted by molar-refractivity contribution is 9.10. The van der Waals surface area contributed by atoms with Gasteiger partial charge in [0.15, 0.2) is 0 Å². The Balaban J connectivity index is 1.95. The van der Waals surface area contributed by atoms with E-state index in [0.29, 0.717) is 21.2 Å². The fourth-order valence-corrected chi connectivity index (χ4v) is 2.33. The van der Waals surface area contributed by atoms with Crippen molar-refractivity contribution in [2.75, 3.05) is 5.32 Å². The number of benzene rings is 1. The lowest BCUT2D eigenvalue weighted by molar-refractivity contribution is 0.102. The Hall–Kier alpha value is -2.48. The third-order valence-corrected chi connectivity index (χ3v) is 3.50. The first kappa shape index (κ1) is 13.5.